The Balaban J connectivity index is 2.47. The number of carbonyl (C=O) groups is 1. The maximum atomic E-state index is 12.1. The van der Waals surface area contributed by atoms with E-state index in [9.17, 15) is 15.0 Å². The summed E-state index contributed by atoms with van der Waals surface area (Å²) < 4.78 is 5.35. The van der Waals surface area contributed by atoms with E-state index in [2.05, 4.69) is 0 Å². The van der Waals surface area contributed by atoms with Crippen molar-refractivity contribution < 1.29 is 19.7 Å². The summed E-state index contributed by atoms with van der Waals surface area (Å²) in [5, 5.41) is 18.9. The molecule has 86 valence electrons. The van der Waals surface area contributed by atoms with Crippen molar-refractivity contribution in [3.63, 3.8) is 0 Å². The Labute approximate surface area is 97.4 Å². The molecule has 1 heterocycles. The van der Waals surface area contributed by atoms with E-state index in [-0.39, 0.29) is 12.4 Å². The maximum Gasteiger partial charge on any atom is 0.180 e. The van der Waals surface area contributed by atoms with E-state index in [1.807, 2.05) is 0 Å². The van der Waals surface area contributed by atoms with Crippen LogP contribution in [0.2, 0.25) is 5.02 Å². The number of aliphatic hydroxyl groups is 2. The molecule has 0 fully saturated rings. The molecule has 1 aliphatic rings. The zero-order valence-corrected chi connectivity index (χ0v) is 9.20. The second kappa shape index (κ2) is 4.05. The standard InChI is InChI=1S/C11H11ClO4/c12-7-1-2-8-9(3-7)16-6-11(4-13,5-14)10(8)15/h1-3,13-14H,4-6H2. The molecule has 16 heavy (non-hydrogen) atoms. The van der Waals surface area contributed by atoms with E-state index in [4.69, 9.17) is 16.3 Å². The van der Waals surface area contributed by atoms with Crippen molar-refractivity contribution in [3.8, 4) is 5.75 Å². The van der Waals surface area contributed by atoms with Crippen molar-refractivity contribution in [1.82, 2.24) is 0 Å². The molecule has 5 heteroatoms. The van der Waals surface area contributed by atoms with Crippen LogP contribution in [0.4, 0.5) is 0 Å². The molecule has 0 bridgehead atoms. The monoisotopic (exact) mass is 242 g/mol. The number of halogens is 1. The minimum atomic E-state index is -1.24. The number of carbonyl (C=O) groups excluding carboxylic acids is 1. The van der Waals surface area contributed by atoms with E-state index in [0.717, 1.165) is 0 Å². The lowest BCUT2D eigenvalue weighted by Crippen LogP contribution is -2.46. The number of rotatable bonds is 2. The third-order valence-electron chi connectivity index (χ3n) is 2.78. The fourth-order valence-electron chi connectivity index (χ4n) is 1.66. The predicted octanol–water partition coefficient (Wildman–Crippen LogP) is 0.886. The number of ketones is 1. The van der Waals surface area contributed by atoms with Crippen LogP contribution in [0.5, 0.6) is 5.75 Å². The van der Waals surface area contributed by atoms with E-state index in [0.29, 0.717) is 16.3 Å². The van der Waals surface area contributed by atoms with Gasteiger partial charge in [-0.05, 0) is 18.2 Å². The van der Waals surface area contributed by atoms with E-state index in [1.165, 1.54) is 0 Å². The first-order chi connectivity index (χ1) is 7.63. The van der Waals surface area contributed by atoms with Gasteiger partial charge in [0.25, 0.3) is 0 Å². The number of aliphatic hydroxyl groups excluding tert-OH is 2. The van der Waals surface area contributed by atoms with Crippen LogP contribution in [0, 0.1) is 5.41 Å². The van der Waals surface area contributed by atoms with Crippen LogP contribution in [0.3, 0.4) is 0 Å². The van der Waals surface area contributed by atoms with Crippen LogP contribution >= 0.6 is 11.6 Å². The highest BCUT2D eigenvalue weighted by atomic mass is 35.5. The molecule has 0 spiro atoms. The summed E-state index contributed by atoms with van der Waals surface area (Å²) in [5.41, 5.74) is -0.889. The third kappa shape index (κ3) is 1.59. The summed E-state index contributed by atoms with van der Waals surface area (Å²) in [6.45, 7) is -0.916. The van der Waals surface area contributed by atoms with Crippen LogP contribution in [0.25, 0.3) is 0 Å². The Kier molecular flexibility index (Phi) is 2.88. The second-order valence-corrected chi connectivity index (χ2v) is 4.29. The Hall–Kier alpha value is -1.10. The third-order valence-corrected chi connectivity index (χ3v) is 3.01. The molecule has 0 radical (unpaired) electrons. The fourth-order valence-corrected chi connectivity index (χ4v) is 1.82. The second-order valence-electron chi connectivity index (χ2n) is 3.85. The molecule has 2 rings (SSSR count). The number of ether oxygens (including phenoxy) is 1. The Morgan fingerprint density at radius 3 is 2.69 bits per heavy atom. The summed E-state index contributed by atoms with van der Waals surface area (Å²) in [6, 6.07) is 4.67. The molecule has 0 aliphatic carbocycles. The van der Waals surface area contributed by atoms with Gasteiger partial charge in [0.15, 0.2) is 5.78 Å². The van der Waals surface area contributed by atoms with Crippen molar-refractivity contribution in [2.45, 2.75) is 0 Å². The van der Waals surface area contributed by atoms with Crippen molar-refractivity contribution in [2.75, 3.05) is 19.8 Å². The van der Waals surface area contributed by atoms with Crippen LogP contribution in [0.1, 0.15) is 10.4 Å². The zero-order chi connectivity index (χ0) is 11.8. The predicted molar refractivity (Wildman–Crippen MR) is 57.9 cm³/mol. The van der Waals surface area contributed by atoms with Gasteiger partial charge in [0.1, 0.15) is 17.8 Å². The largest absolute Gasteiger partial charge is 0.492 e. The number of benzene rings is 1. The number of hydrogen-bond acceptors (Lipinski definition) is 4. The van der Waals surface area contributed by atoms with Crippen LogP contribution in [0.15, 0.2) is 18.2 Å². The van der Waals surface area contributed by atoms with Crippen molar-refractivity contribution in [2.24, 2.45) is 5.41 Å². The van der Waals surface area contributed by atoms with Crippen molar-refractivity contribution in [1.29, 1.82) is 0 Å². The number of fused-ring (bicyclic) bond motifs is 1. The summed E-state index contributed by atoms with van der Waals surface area (Å²) >= 11 is 5.77. The molecule has 0 unspecified atom stereocenters. The topological polar surface area (TPSA) is 66.8 Å². The highest BCUT2D eigenvalue weighted by Crippen LogP contribution is 2.35. The quantitative estimate of drug-likeness (QED) is 0.808. The average Bonchev–Trinajstić information content (AvgIpc) is 2.30. The highest BCUT2D eigenvalue weighted by Gasteiger charge is 2.43. The van der Waals surface area contributed by atoms with Gasteiger partial charge in [-0.1, -0.05) is 11.6 Å². The average molecular weight is 243 g/mol. The zero-order valence-electron chi connectivity index (χ0n) is 8.44. The smallest absolute Gasteiger partial charge is 0.180 e. The summed E-state index contributed by atoms with van der Waals surface area (Å²) in [7, 11) is 0. The molecule has 1 aromatic rings. The van der Waals surface area contributed by atoms with Gasteiger partial charge in [0.2, 0.25) is 0 Å². The van der Waals surface area contributed by atoms with Crippen molar-refractivity contribution >= 4 is 17.4 Å². The summed E-state index contributed by atoms with van der Waals surface area (Å²) in [4.78, 5) is 12.1. The van der Waals surface area contributed by atoms with E-state index >= 15 is 0 Å². The summed E-state index contributed by atoms with van der Waals surface area (Å²) in [6.07, 6.45) is 0. The molecule has 0 atom stereocenters. The molecule has 0 saturated heterocycles. The molecule has 4 nitrogen and oxygen atoms in total. The molecule has 2 N–H and O–H groups in total. The van der Waals surface area contributed by atoms with Crippen molar-refractivity contribution in [3.05, 3.63) is 28.8 Å². The molecule has 0 aromatic heterocycles. The SMILES string of the molecule is O=C1c2ccc(Cl)cc2OCC1(CO)CO. The minimum absolute atomic E-state index is 0.0355. The molecule has 0 saturated carbocycles. The number of hydrogen-bond donors (Lipinski definition) is 2. The Morgan fingerprint density at radius 1 is 1.38 bits per heavy atom. The lowest BCUT2D eigenvalue weighted by Gasteiger charge is -2.33. The van der Waals surface area contributed by atoms with Crippen LogP contribution in [-0.2, 0) is 0 Å². The Bertz CT molecular complexity index is 426. The molecular weight excluding hydrogens is 232 g/mol. The fraction of sp³-hybridized carbons (Fsp3) is 0.364. The van der Waals surface area contributed by atoms with Gasteiger partial charge >= 0.3 is 0 Å². The van der Waals surface area contributed by atoms with Crippen LogP contribution in [-0.4, -0.2) is 35.8 Å². The first-order valence-corrected chi connectivity index (χ1v) is 5.20. The molecule has 0 amide bonds. The maximum absolute atomic E-state index is 12.1. The molecular formula is C11H11ClO4. The molecule has 1 aromatic carbocycles. The first-order valence-electron chi connectivity index (χ1n) is 4.82. The first kappa shape index (κ1) is 11.4. The van der Waals surface area contributed by atoms with Gasteiger partial charge in [0, 0.05) is 5.02 Å². The van der Waals surface area contributed by atoms with E-state index in [1.54, 1.807) is 18.2 Å². The highest BCUT2D eigenvalue weighted by molar-refractivity contribution is 6.31. The van der Waals surface area contributed by atoms with Gasteiger partial charge in [-0.3, -0.25) is 4.79 Å². The number of Topliss-reactive ketones (excluding diaryl/α,β-unsaturated/α-hetero) is 1. The lowest BCUT2D eigenvalue weighted by molar-refractivity contribution is 0.0112. The van der Waals surface area contributed by atoms with Gasteiger partial charge in [0.05, 0.1) is 18.8 Å². The van der Waals surface area contributed by atoms with E-state index < -0.39 is 18.6 Å². The lowest BCUT2D eigenvalue weighted by atomic mass is 9.80. The van der Waals surface area contributed by atoms with Gasteiger partial charge in [-0.2, -0.15) is 0 Å². The normalized spacial score (nSPS) is 17.8. The Morgan fingerprint density at radius 2 is 2.06 bits per heavy atom. The van der Waals surface area contributed by atoms with Gasteiger partial charge in [-0.25, -0.2) is 0 Å². The van der Waals surface area contributed by atoms with Gasteiger partial charge < -0.3 is 14.9 Å². The minimum Gasteiger partial charge on any atom is -0.492 e. The summed E-state index contributed by atoms with van der Waals surface area (Å²) in [5.74, 6) is 0.0884. The van der Waals surface area contributed by atoms with Gasteiger partial charge in [-0.15, -0.1) is 0 Å². The molecule has 1 aliphatic heterocycles. The van der Waals surface area contributed by atoms with Crippen LogP contribution < -0.4 is 4.74 Å².